The van der Waals surface area contributed by atoms with Gasteiger partial charge in [-0.25, -0.2) is 4.98 Å². The molecule has 7 heteroatoms. The lowest BCUT2D eigenvalue weighted by atomic mass is 10.1. The molecule has 0 fully saturated rings. The van der Waals surface area contributed by atoms with E-state index >= 15 is 0 Å². The van der Waals surface area contributed by atoms with Crippen LogP contribution in [0.2, 0.25) is 0 Å². The maximum Gasteiger partial charge on any atom is 0.251 e. The van der Waals surface area contributed by atoms with Crippen LogP contribution in [0.5, 0.6) is 5.75 Å². The number of aromatic nitrogens is 3. The highest BCUT2D eigenvalue weighted by Crippen LogP contribution is 2.27. The van der Waals surface area contributed by atoms with E-state index in [1.54, 1.807) is 37.8 Å². The number of benzene rings is 1. The predicted molar refractivity (Wildman–Crippen MR) is 117 cm³/mol. The topological polar surface area (TPSA) is 89.0 Å². The number of amides is 1. The van der Waals surface area contributed by atoms with Gasteiger partial charge in [0.15, 0.2) is 0 Å². The Kier molecular flexibility index (Phi) is 5.80. The number of rotatable bonds is 7. The first-order valence-electron chi connectivity index (χ1n) is 9.57. The maximum absolute atomic E-state index is 12.2. The summed E-state index contributed by atoms with van der Waals surface area (Å²) in [5.74, 6) is 1.39. The first kappa shape index (κ1) is 19.3. The number of hydrogen-bond acceptors (Lipinski definition) is 6. The van der Waals surface area contributed by atoms with Crippen molar-refractivity contribution in [2.45, 2.75) is 0 Å². The second-order valence-electron chi connectivity index (χ2n) is 6.57. The van der Waals surface area contributed by atoms with E-state index in [0.29, 0.717) is 18.7 Å². The largest absolute Gasteiger partial charge is 0.497 e. The number of nitrogens with one attached hydrogen (secondary N) is 2. The number of carbonyl (C=O) groups excluding carboxylic acids is 1. The van der Waals surface area contributed by atoms with Crippen LogP contribution in [-0.4, -0.2) is 41.1 Å². The van der Waals surface area contributed by atoms with Gasteiger partial charge in [0.2, 0.25) is 0 Å². The molecule has 2 N–H and O–H groups in total. The minimum atomic E-state index is -0.134. The zero-order chi connectivity index (χ0) is 20.8. The molecule has 0 atom stereocenters. The highest BCUT2D eigenvalue weighted by atomic mass is 16.5. The molecule has 0 aliphatic carbocycles. The molecule has 0 unspecified atom stereocenters. The first-order chi connectivity index (χ1) is 14.7. The molecule has 4 aromatic rings. The van der Waals surface area contributed by atoms with E-state index in [1.807, 2.05) is 42.5 Å². The van der Waals surface area contributed by atoms with Crippen LogP contribution >= 0.6 is 0 Å². The lowest BCUT2D eigenvalue weighted by Crippen LogP contribution is -2.28. The fourth-order valence-corrected chi connectivity index (χ4v) is 3.08. The van der Waals surface area contributed by atoms with Crippen molar-refractivity contribution in [2.75, 3.05) is 25.5 Å². The Labute approximate surface area is 174 Å². The van der Waals surface area contributed by atoms with Crippen molar-refractivity contribution in [2.24, 2.45) is 0 Å². The average molecular weight is 399 g/mol. The summed E-state index contributed by atoms with van der Waals surface area (Å²) in [5.41, 5.74) is 3.21. The molecule has 1 aromatic carbocycles. The Morgan fingerprint density at radius 3 is 2.57 bits per heavy atom. The molecule has 0 radical (unpaired) electrons. The van der Waals surface area contributed by atoms with Crippen LogP contribution in [0, 0.1) is 0 Å². The van der Waals surface area contributed by atoms with Gasteiger partial charge in [0.05, 0.1) is 18.3 Å². The van der Waals surface area contributed by atoms with Crippen LogP contribution in [0.25, 0.3) is 22.2 Å². The number of hydrogen-bond donors (Lipinski definition) is 2. The van der Waals surface area contributed by atoms with Gasteiger partial charge in [0, 0.05) is 48.2 Å². The summed E-state index contributed by atoms with van der Waals surface area (Å²) >= 11 is 0. The van der Waals surface area contributed by atoms with E-state index in [4.69, 9.17) is 9.72 Å². The summed E-state index contributed by atoms with van der Waals surface area (Å²) in [5, 5.41) is 7.14. The van der Waals surface area contributed by atoms with Gasteiger partial charge in [-0.05, 0) is 54.6 Å². The third kappa shape index (κ3) is 4.35. The second kappa shape index (κ2) is 9.00. The highest BCUT2D eigenvalue weighted by Gasteiger charge is 2.09. The van der Waals surface area contributed by atoms with E-state index in [1.165, 1.54) is 0 Å². The monoisotopic (exact) mass is 399 g/mol. The van der Waals surface area contributed by atoms with E-state index in [-0.39, 0.29) is 5.91 Å². The van der Waals surface area contributed by atoms with Gasteiger partial charge in [0.25, 0.3) is 5.91 Å². The van der Waals surface area contributed by atoms with Crippen LogP contribution in [-0.2, 0) is 0 Å². The summed E-state index contributed by atoms with van der Waals surface area (Å²) in [4.78, 5) is 25.3. The molecule has 0 aliphatic heterocycles. The fraction of sp³-hybridized carbons (Fsp3) is 0.130. The number of carbonyl (C=O) groups is 1. The van der Waals surface area contributed by atoms with Crippen molar-refractivity contribution in [3.63, 3.8) is 0 Å². The van der Waals surface area contributed by atoms with Crippen LogP contribution in [0.3, 0.4) is 0 Å². The van der Waals surface area contributed by atoms with Gasteiger partial charge in [-0.15, -0.1) is 0 Å². The number of nitrogens with zero attached hydrogens (tertiary/aromatic N) is 3. The maximum atomic E-state index is 12.2. The molecule has 0 spiro atoms. The van der Waals surface area contributed by atoms with Crippen molar-refractivity contribution in [1.82, 2.24) is 20.3 Å². The van der Waals surface area contributed by atoms with Crippen LogP contribution < -0.4 is 15.4 Å². The Hall–Kier alpha value is -4.00. The third-order valence-corrected chi connectivity index (χ3v) is 4.63. The van der Waals surface area contributed by atoms with E-state index < -0.39 is 0 Å². The highest BCUT2D eigenvalue weighted by molar-refractivity contribution is 5.94. The summed E-state index contributed by atoms with van der Waals surface area (Å²) in [6.45, 7) is 0.983. The third-order valence-electron chi connectivity index (χ3n) is 4.63. The number of pyridine rings is 3. The van der Waals surface area contributed by atoms with Crippen LogP contribution in [0.15, 0.2) is 73.2 Å². The Morgan fingerprint density at radius 1 is 1.00 bits per heavy atom. The van der Waals surface area contributed by atoms with Gasteiger partial charge in [0.1, 0.15) is 11.6 Å². The summed E-state index contributed by atoms with van der Waals surface area (Å²) < 4.78 is 5.23. The lowest BCUT2D eigenvalue weighted by molar-refractivity contribution is 0.0955. The minimum Gasteiger partial charge on any atom is -0.497 e. The summed E-state index contributed by atoms with van der Waals surface area (Å²) in [6.07, 6.45) is 4.96. The fourth-order valence-electron chi connectivity index (χ4n) is 3.08. The van der Waals surface area contributed by atoms with Crippen molar-refractivity contribution >= 4 is 22.6 Å². The number of ether oxygens (including phenoxy) is 1. The van der Waals surface area contributed by atoms with Crippen molar-refractivity contribution in [3.8, 4) is 17.0 Å². The minimum absolute atomic E-state index is 0.134. The number of anilines is 1. The predicted octanol–water partition coefficient (Wildman–Crippen LogP) is 3.54. The van der Waals surface area contributed by atoms with E-state index in [9.17, 15) is 4.79 Å². The lowest BCUT2D eigenvalue weighted by Gasteiger charge is -2.12. The van der Waals surface area contributed by atoms with Crippen LogP contribution in [0.1, 0.15) is 10.4 Å². The summed E-state index contributed by atoms with van der Waals surface area (Å²) in [6, 6.07) is 16.9. The van der Waals surface area contributed by atoms with E-state index in [0.717, 1.165) is 33.7 Å². The molecule has 3 heterocycles. The molecule has 7 nitrogen and oxygen atoms in total. The van der Waals surface area contributed by atoms with Gasteiger partial charge in [-0.2, -0.15) is 0 Å². The number of methoxy groups -OCH3 is 1. The normalized spacial score (nSPS) is 10.6. The molecular formula is C23H21N5O2. The zero-order valence-electron chi connectivity index (χ0n) is 16.5. The quantitative estimate of drug-likeness (QED) is 0.462. The molecule has 1 amide bonds. The van der Waals surface area contributed by atoms with Crippen molar-refractivity contribution in [1.29, 1.82) is 0 Å². The molecule has 0 saturated carbocycles. The van der Waals surface area contributed by atoms with Gasteiger partial charge >= 0.3 is 0 Å². The molecule has 4 rings (SSSR count). The number of fused-ring (bicyclic) bond motifs is 1. The molecule has 0 aliphatic rings. The molecule has 3 aromatic heterocycles. The van der Waals surface area contributed by atoms with Crippen molar-refractivity contribution < 1.29 is 9.53 Å². The second-order valence-corrected chi connectivity index (χ2v) is 6.57. The van der Waals surface area contributed by atoms with Crippen molar-refractivity contribution in [3.05, 3.63) is 78.8 Å². The smallest absolute Gasteiger partial charge is 0.251 e. The SMILES string of the molecule is COc1ccc(-c2cc3ncccc3c(NCCNC(=O)c3ccncc3)n2)cc1. The molecule has 0 saturated heterocycles. The molecule has 150 valence electrons. The molecule has 30 heavy (non-hydrogen) atoms. The van der Waals surface area contributed by atoms with Gasteiger partial charge < -0.3 is 15.4 Å². The first-order valence-corrected chi connectivity index (χ1v) is 9.57. The van der Waals surface area contributed by atoms with Crippen LogP contribution in [0.4, 0.5) is 5.82 Å². The Morgan fingerprint density at radius 2 is 1.80 bits per heavy atom. The molecule has 0 bridgehead atoms. The van der Waals surface area contributed by atoms with Gasteiger partial charge in [-0.1, -0.05) is 0 Å². The standard InChI is InChI=1S/C23H21N5O2/c1-30-18-6-4-16(5-7-18)20-15-21-19(3-2-10-25-21)22(28-20)26-13-14-27-23(29)17-8-11-24-12-9-17/h2-12,15H,13-14H2,1H3,(H,26,28)(H,27,29). The zero-order valence-corrected chi connectivity index (χ0v) is 16.5. The average Bonchev–Trinajstić information content (AvgIpc) is 2.82. The molecular weight excluding hydrogens is 378 g/mol. The Balaban J connectivity index is 1.50. The Bertz CT molecular complexity index is 1150. The summed E-state index contributed by atoms with van der Waals surface area (Å²) in [7, 11) is 1.64. The van der Waals surface area contributed by atoms with E-state index in [2.05, 4.69) is 20.6 Å². The van der Waals surface area contributed by atoms with Gasteiger partial charge in [-0.3, -0.25) is 14.8 Å².